The first-order valence-corrected chi connectivity index (χ1v) is 9.94. The Kier molecular flexibility index (Phi) is 5.37. The molecule has 2 aromatic carbocycles. The summed E-state index contributed by atoms with van der Waals surface area (Å²) in [4.78, 5) is 2.60. The van der Waals surface area contributed by atoms with Crippen LogP contribution in [-0.4, -0.2) is 41.4 Å². The van der Waals surface area contributed by atoms with Crippen molar-refractivity contribution in [1.29, 1.82) is 0 Å². The molecule has 2 heterocycles. The smallest absolute Gasteiger partial charge is 0.122 e. The molecule has 0 radical (unpaired) electrons. The molecule has 2 atom stereocenters. The summed E-state index contributed by atoms with van der Waals surface area (Å²) >= 11 is 0. The number of methoxy groups -OCH3 is 1. The van der Waals surface area contributed by atoms with E-state index in [-0.39, 0.29) is 0 Å². The highest BCUT2D eigenvalue weighted by atomic mass is 16.5. The Bertz CT molecular complexity index is 734. The molecule has 0 aliphatic carbocycles. The van der Waals surface area contributed by atoms with Crippen LogP contribution in [-0.2, 0) is 6.54 Å². The highest BCUT2D eigenvalue weighted by Gasteiger charge is 2.47. The van der Waals surface area contributed by atoms with Crippen LogP contribution < -0.4 is 9.47 Å². The van der Waals surface area contributed by atoms with Gasteiger partial charge in [-0.05, 0) is 43.4 Å². The molecule has 4 nitrogen and oxygen atoms in total. The lowest BCUT2D eigenvalue weighted by Crippen LogP contribution is -2.51. The first-order valence-electron chi connectivity index (χ1n) is 9.94. The molecule has 2 aromatic rings. The van der Waals surface area contributed by atoms with Gasteiger partial charge in [0.2, 0.25) is 0 Å². The van der Waals surface area contributed by atoms with E-state index in [0.717, 1.165) is 30.9 Å². The number of nitrogens with zero attached hydrogens (tertiary/aromatic N) is 1. The molecule has 4 rings (SSSR count). The average molecular weight is 367 g/mol. The molecule has 0 saturated carbocycles. The van der Waals surface area contributed by atoms with E-state index in [2.05, 4.69) is 35.2 Å². The number of rotatable bonds is 7. The summed E-state index contributed by atoms with van der Waals surface area (Å²) in [5.74, 6) is 1.58. The van der Waals surface area contributed by atoms with Crippen molar-refractivity contribution in [2.75, 3.05) is 13.7 Å². The Morgan fingerprint density at radius 3 is 2.41 bits per heavy atom. The highest BCUT2D eigenvalue weighted by molar-refractivity contribution is 5.32. The predicted molar refractivity (Wildman–Crippen MR) is 106 cm³/mol. The van der Waals surface area contributed by atoms with Gasteiger partial charge in [-0.25, -0.2) is 0 Å². The van der Waals surface area contributed by atoms with E-state index in [1.807, 2.05) is 24.3 Å². The summed E-state index contributed by atoms with van der Waals surface area (Å²) in [6.45, 7) is 1.52. The minimum absolute atomic E-state index is 0.478. The molecule has 2 aliphatic heterocycles. The van der Waals surface area contributed by atoms with Gasteiger partial charge in [0.1, 0.15) is 11.5 Å². The van der Waals surface area contributed by atoms with Crippen LogP contribution in [0.15, 0.2) is 54.6 Å². The second-order valence-electron chi connectivity index (χ2n) is 7.95. The number of hydrogen-bond acceptors (Lipinski definition) is 4. The summed E-state index contributed by atoms with van der Waals surface area (Å²) in [5, 5.41) is 11.2. The average Bonchev–Trinajstić information content (AvgIpc) is 2.93. The van der Waals surface area contributed by atoms with Gasteiger partial charge < -0.3 is 14.6 Å². The zero-order chi connectivity index (χ0) is 18.7. The Morgan fingerprint density at radius 1 is 1.00 bits per heavy atom. The van der Waals surface area contributed by atoms with Crippen molar-refractivity contribution in [3.63, 3.8) is 0 Å². The lowest BCUT2D eigenvalue weighted by Gasteiger charge is -2.44. The minimum Gasteiger partial charge on any atom is -0.497 e. The maximum Gasteiger partial charge on any atom is 0.122 e. The van der Waals surface area contributed by atoms with Crippen molar-refractivity contribution in [3.8, 4) is 11.5 Å². The Balaban J connectivity index is 1.32. The minimum atomic E-state index is -0.613. The molecule has 2 bridgehead atoms. The first-order chi connectivity index (χ1) is 13.1. The topological polar surface area (TPSA) is 41.9 Å². The van der Waals surface area contributed by atoms with Gasteiger partial charge in [0.05, 0.1) is 19.3 Å². The number of hydrogen-bond donors (Lipinski definition) is 1. The van der Waals surface area contributed by atoms with E-state index in [9.17, 15) is 5.11 Å². The molecule has 2 saturated heterocycles. The molecule has 0 spiro atoms. The van der Waals surface area contributed by atoms with Crippen molar-refractivity contribution < 1.29 is 14.6 Å². The van der Waals surface area contributed by atoms with Crippen molar-refractivity contribution in [2.45, 2.75) is 56.3 Å². The van der Waals surface area contributed by atoms with Crippen molar-refractivity contribution in [3.05, 3.63) is 60.2 Å². The highest BCUT2D eigenvalue weighted by Crippen LogP contribution is 2.43. The van der Waals surface area contributed by atoms with Crippen LogP contribution in [0.5, 0.6) is 11.5 Å². The van der Waals surface area contributed by atoms with Gasteiger partial charge in [-0.15, -0.1) is 0 Å². The predicted octanol–water partition coefficient (Wildman–Crippen LogP) is 4.02. The SMILES string of the molecule is COc1cccc(OCCC2(O)CC3CCC(C2)N3Cc2ccccc2)c1. The third-order valence-electron chi connectivity index (χ3n) is 6.09. The van der Waals surface area contributed by atoms with E-state index in [0.29, 0.717) is 25.1 Å². The van der Waals surface area contributed by atoms with E-state index in [4.69, 9.17) is 9.47 Å². The fourth-order valence-corrected chi connectivity index (χ4v) is 4.72. The molecule has 0 amide bonds. The van der Waals surface area contributed by atoms with E-state index >= 15 is 0 Å². The van der Waals surface area contributed by atoms with Crippen molar-refractivity contribution >= 4 is 0 Å². The van der Waals surface area contributed by atoms with Gasteiger partial charge in [0, 0.05) is 31.1 Å². The summed E-state index contributed by atoms with van der Waals surface area (Å²) in [5.41, 5.74) is 0.749. The number of piperidine rings is 1. The maximum atomic E-state index is 11.2. The molecule has 2 unspecified atom stereocenters. The van der Waals surface area contributed by atoms with Crippen LogP contribution in [0, 0.1) is 0 Å². The van der Waals surface area contributed by atoms with E-state index in [1.54, 1.807) is 7.11 Å². The third-order valence-corrected chi connectivity index (χ3v) is 6.09. The van der Waals surface area contributed by atoms with Crippen LogP contribution >= 0.6 is 0 Å². The van der Waals surface area contributed by atoms with E-state index in [1.165, 1.54) is 18.4 Å². The summed E-state index contributed by atoms with van der Waals surface area (Å²) < 4.78 is 11.1. The molecule has 2 aliphatic rings. The van der Waals surface area contributed by atoms with Gasteiger partial charge in [0.25, 0.3) is 0 Å². The standard InChI is InChI=1S/C23H29NO3/c1-26-21-8-5-9-22(14-21)27-13-12-23(25)15-19-10-11-20(16-23)24(19)17-18-6-3-2-4-7-18/h2-9,14,19-20,25H,10-13,15-17H2,1H3. The largest absolute Gasteiger partial charge is 0.497 e. The van der Waals surface area contributed by atoms with Gasteiger partial charge in [-0.1, -0.05) is 36.4 Å². The van der Waals surface area contributed by atoms with Crippen LogP contribution in [0.25, 0.3) is 0 Å². The molecule has 2 fully saturated rings. The van der Waals surface area contributed by atoms with Crippen LogP contribution in [0.2, 0.25) is 0 Å². The normalized spacial score (nSPS) is 27.5. The van der Waals surface area contributed by atoms with Gasteiger partial charge in [-0.2, -0.15) is 0 Å². The summed E-state index contributed by atoms with van der Waals surface area (Å²) in [6.07, 6.45) is 4.75. The van der Waals surface area contributed by atoms with Gasteiger partial charge in [-0.3, -0.25) is 4.90 Å². The summed E-state index contributed by atoms with van der Waals surface area (Å²) in [7, 11) is 1.65. The Labute approximate surface area is 161 Å². The monoisotopic (exact) mass is 367 g/mol. The molecular formula is C23H29NO3. The third kappa shape index (κ3) is 4.28. The lowest BCUT2D eigenvalue weighted by molar-refractivity contribution is -0.0654. The first kappa shape index (κ1) is 18.3. The van der Waals surface area contributed by atoms with Crippen LogP contribution in [0.3, 0.4) is 0 Å². The fraction of sp³-hybridized carbons (Fsp3) is 0.478. The molecule has 27 heavy (non-hydrogen) atoms. The number of aliphatic hydroxyl groups is 1. The van der Waals surface area contributed by atoms with Crippen molar-refractivity contribution in [1.82, 2.24) is 4.90 Å². The van der Waals surface area contributed by atoms with Crippen LogP contribution in [0.1, 0.15) is 37.7 Å². The zero-order valence-electron chi connectivity index (χ0n) is 16.0. The molecule has 144 valence electrons. The molecule has 1 N–H and O–H groups in total. The Morgan fingerprint density at radius 2 is 1.70 bits per heavy atom. The molecule has 0 aromatic heterocycles. The molecular weight excluding hydrogens is 338 g/mol. The second kappa shape index (κ2) is 7.91. The number of fused-ring (bicyclic) bond motifs is 2. The maximum absolute atomic E-state index is 11.2. The molecule has 4 heteroatoms. The number of benzene rings is 2. The van der Waals surface area contributed by atoms with Crippen LogP contribution in [0.4, 0.5) is 0 Å². The quantitative estimate of drug-likeness (QED) is 0.802. The second-order valence-corrected chi connectivity index (χ2v) is 7.95. The fourth-order valence-electron chi connectivity index (χ4n) is 4.72. The Hall–Kier alpha value is -2.04. The summed E-state index contributed by atoms with van der Waals surface area (Å²) in [6, 6.07) is 19.3. The van der Waals surface area contributed by atoms with Crippen molar-refractivity contribution in [2.24, 2.45) is 0 Å². The lowest BCUT2D eigenvalue weighted by atomic mass is 9.83. The van der Waals surface area contributed by atoms with Gasteiger partial charge in [0.15, 0.2) is 0 Å². The van der Waals surface area contributed by atoms with E-state index < -0.39 is 5.60 Å². The zero-order valence-corrected chi connectivity index (χ0v) is 16.0. The van der Waals surface area contributed by atoms with Gasteiger partial charge >= 0.3 is 0 Å². The number of ether oxygens (including phenoxy) is 2.